The molecule has 0 saturated carbocycles. The lowest BCUT2D eigenvalue weighted by Gasteiger charge is -2.08. The molecule has 1 aromatic heterocycles. The van der Waals surface area contributed by atoms with Crippen molar-refractivity contribution in [2.45, 2.75) is 11.6 Å². The minimum atomic E-state index is 0.275. The fourth-order valence-electron chi connectivity index (χ4n) is 2.47. The molecule has 2 aromatic carbocycles. The summed E-state index contributed by atoms with van der Waals surface area (Å²) >= 11 is 1.67. The Hall–Kier alpha value is -2.67. The molecule has 0 fully saturated rings. The van der Waals surface area contributed by atoms with Gasteiger partial charge in [-0.25, -0.2) is 0 Å². The van der Waals surface area contributed by atoms with Crippen LogP contribution in [0.3, 0.4) is 0 Å². The second kappa shape index (κ2) is 7.48. The van der Waals surface area contributed by atoms with Crippen LogP contribution in [0.1, 0.15) is 6.42 Å². The highest BCUT2D eigenvalue weighted by Gasteiger charge is 2.13. The fourth-order valence-corrected chi connectivity index (χ4v) is 3.31. The van der Waals surface area contributed by atoms with Crippen molar-refractivity contribution in [2.24, 2.45) is 0 Å². The van der Waals surface area contributed by atoms with E-state index in [1.807, 2.05) is 53.1 Å². The predicted molar refractivity (Wildman–Crippen MR) is 94.8 cm³/mol. The number of ether oxygens (including phenoxy) is 3. The monoisotopic (exact) mass is 355 g/mol. The third-order valence-corrected chi connectivity index (χ3v) is 4.71. The van der Waals surface area contributed by atoms with Crippen molar-refractivity contribution in [3.8, 4) is 22.9 Å². The minimum absolute atomic E-state index is 0.275. The molecule has 0 radical (unpaired) electrons. The van der Waals surface area contributed by atoms with E-state index in [0.29, 0.717) is 6.61 Å². The van der Waals surface area contributed by atoms with Gasteiger partial charge in [-0.05, 0) is 30.7 Å². The minimum Gasteiger partial charge on any atom is -0.493 e. The maximum atomic E-state index is 5.77. The summed E-state index contributed by atoms with van der Waals surface area (Å²) in [5.41, 5.74) is 1.06. The van der Waals surface area contributed by atoms with Crippen molar-refractivity contribution in [1.82, 2.24) is 14.8 Å². The Morgan fingerprint density at radius 2 is 1.96 bits per heavy atom. The van der Waals surface area contributed by atoms with Crippen LogP contribution < -0.4 is 14.2 Å². The van der Waals surface area contributed by atoms with Gasteiger partial charge in [0.1, 0.15) is 12.1 Å². The van der Waals surface area contributed by atoms with Crippen LogP contribution in [-0.4, -0.2) is 33.9 Å². The van der Waals surface area contributed by atoms with E-state index in [1.54, 1.807) is 18.1 Å². The van der Waals surface area contributed by atoms with E-state index < -0.39 is 0 Å². The average Bonchev–Trinajstić information content (AvgIpc) is 3.31. The Balaban J connectivity index is 1.26. The van der Waals surface area contributed by atoms with E-state index in [1.165, 1.54) is 0 Å². The van der Waals surface area contributed by atoms with Crippen LogP contribution in [0.4, 0.5) is 0 Å². The highest BCUT2D eigenvalue weighted by atomic mass is 32.2. The van der Waals surface area contributed by atoms with Crippen LogP contribution in [0.5, 0.6) is 17.2 Å². The van der Waals surface area contributed by atoms with E-state index in [0.717, 1.165) is 40.3 Å². The van der Waals surface area contributed by atoms with Gasteiger partial charge in [-0.2, -0.15) is 0 Å². The molecule has 2 heterocycles. The molecule has 0 bridgehead atoms. The molecule has 0 spiro atoms. The first kappa shape index (κ1) is 15.8. The number of fused-ring (bicyclic) bond motifs is 1. The third kappa shape index (κ3) is 3.71. The van der Waals surface area contributed by atoms with Crippen molar-refractivity contribution < 1.29 is 14.2 Å². The summed E-state index contributed by atoms with van der Waals surface area (Å²) in [5, 5.41) is 9.09. The van der Waals surface area contributed by atoms with Gasteiger partial charge in [-0.15, -0.1) is 10.2 Å². The number of nitrogens with zero attached hydrogens (tertiary/aromatic N) is 3. The van der Waals surface area contributed by atoms with Crippen LogP contribution >= 0.6 is 11.8 Å². The van der Waals surface area contributed by atoms with Crippen molar-refractivity contribution in [2.75, 3.05) is 19.2 Å². The topological polar surface area (TPSA) is 58.4 Å². The first-order chi connectivity index (χ1) is 12.4. The molecule has 6 nitrogen and oxygen atoms in total. The van der Waals surface area contributed by atoms with Crippen LogP contribution in [0, 0.1) is 0 Å². The molecule has 0 aliphatic carbocycles. The second-order valence-electron chi connectivity index (χ2n) is 5.38. The van der Waals surface area contributed by atoms with Gasteiger partial charge in [0.05, 0.1) is 6.61 Å². The van der Waals surface area contributed by atoms with Crippen molar-refractivity contribution in [1.29, 1.82) is 0 Å². The molecule has 0 amide bonds. The van der Waals surface area contributed by atoms with Crippen molar-refractivity contribution in [3.63, 3.8) is 0 Å². The summed E-state index contributed by atoms with van der Waals surface area (Å²) in [6.07, 6.45) is 2.64. The zero-order chi connectivity index (χ0) is 16.9. The highest BCUT2D eigenvalue weighted by molar-refractivity contribution is 7.99. The summed E-state index contributed by atoms with van der Waals surface area (Å²) in [6.45, 7) is 0.906. The number of rotatable bonds is 7. The Labute approximate surface area is 149 Å². The standard InChI is InChI=1S/C18H17N3O3S/c1-2-5-14(6-3-1)21-12-19-20-18(21)25-10-4-9-22-15-7-8-16-17(11-15)24-13-23-16/h1-3,5-8,11-12H,4,9-10,13H2. The summed E-state index contributed by atoms with van der Waals surface area (Å²) < 4.78 is 18.4. The normalized spacial score (nSPS) is 12.3. The second-order valence-corrected chi connectivity index (χ2v) is 6.45. The third-order valence-electron chi connectivity index (χ3n) is 3.68. The lowest BCUT2D eigenvalue weighted by Crippen LogP contribution is -2.00. The molecule has 0 atom stereocenters. The van der Waals surface area contributed by atoms with Crippen LogP contribution in [-0.2, 0) is 0 Å². The number of benzene rings is 2. The molecule has 0 N–H and O–H groups in total. The Morgan fingerprint density at radius 3 is 2.88 bits per heavy atom. The van der Waals surface area contributed by atoms with Crippen LogP contribution in [0.15, 0.2) is 60.0 Å². The van der Waals surface area contributed by atoms with Gasteiger partial charge in [0.2, 0.25) is 6.79 Å². The fraction of sp³-hybridized carbons (Fsp3) is 0.222. The summed E-state index contributed by atoms with van der Waals surface area (Å²) in [6, 6.07) is 15.7. The van der Waals surface area contributed by atoms with Gasteiger partial charge < -0.3 is 14.2 Å². The first-order valence-corrected chi connectivity index (χ1v) is 8.99. The van der Waals surface area contributed by atoms with E-state index in [9.17, 15) is 0 Å². The zero-order valence-corrected chi connectivity index (χ0v) is 14.3. The Bertz CT molecular complexity index is 839. The smallest absolute Gasteiger partial charge is 0.231 e. The van der Waals surface area contributed by atoms with E-state index in [2.05, 4.69) is 10.2 Å². The summed E-state index contributed by atoms with van der Waals surface area (Å²) in [4.78, 5) is 0. The molecule has 0 unspecified atom stereocenters. The van der Waals surface area contributed by atoms with E-state index in [-0.39, 0.29) is 6.79 Å². The Kier molecular flexibility index (Phi) is 4.74. The summed E-state index contributed by atoms with van der Waals surface area (Å²) in [5.74, 6) is 3.20. The molecule has 1 aliphatic heterocycles. The van der Waals surface area contributed by atoms with Crippen LogP contribution in [0.2, 0.25) is 0 Å². The molecule has 1 aliphatic rings. The zero-order valence-electron chi connectivity index (χ0n) is 13.5. The lowest BCUT2D eigenvalue weighted by atomic mass is 10.3. The van der Waals surface area contributed by atoms with Gasteiger partial charge in [0.15, 0.2) is 16.7 Å². The molecule has 25 heavy (non-hydrogen) atoms. The molecular formula is C18H17N3O3S. The highest BCUT2D eigenvalue weighted by Crippen LogP contribution is 2.35. The maximum Gasteiger partial charge on any atom is 0.231 e. The van der Waals surface area contributed by atoms with Gasteiger partial charge in [0, 0.05) is 17.5 Å². The first-order valence-electron chi connectivity index (χ1n) is 8.01. The van der Waals surface area contributed by atoms with Gasteiger partial charge in [-0.3, -0.25) is 4.57 Å². The average molecular weight is 355 g/mol. The number of hydrogen-bond donors (Lipinski definition) is 0. The number of aromatic nitrogens is 3. The largest absolute Gasteiger partial charge is 0.493 e. The lowest BCUT2D eigenvalue weighted by molar-refractivity contribution is 0.173. The predicted octanol–water partition coefficient (Wildman–Crippen LogP) is 3.56. The number of para-hydroxylation sites is 1. The van der Waals surface area contributed by atoms with Crippen molar-refractivity contribution in [3.05, 3.63) is 54.9 Å². The van der Waals surface area contributed by atoms with Gasteiger partial charge >= 0.3 is 0 Å². The van der Waals surface area contributed by atoms with Gasteiger partial charge in [0.25, 0.3) is 0 Å². The van der Waals surface area contributed by atoms with E-state index in [4.69, 9.17) is 14.2 Å². The molecule has 128 valence electrons. The van der Waals surface area contributed by atoms with E-state index >= 15 is 0 Å². The van der Waals surface area contributed by atoms with Gasteiger partial charge in [-0.1, -0.05) is 30.0 Å². The quantitative estimate of drug-likeness (QED) is 0.477. The van der Waals surface area contributed by atoms with Crippen LogP contribution in [0.25, 0.3) is 5.69 Å². The molecule has 7 heteroatoms. The molecule has 3 aromatic rings. The molecule has 0 saturated heterocycles. The number of thioether (sulfide) groups is 1. The molecule has 4 rings (SSSR count). The maximum absolute atomic E-state index is 5.77. The SMILES string of the molecule is c1ccc(-n2cnnc2SCCCOc2ccc3c(c2)OCO3)cc1. The summed E-state index contributed by atoms with van der Waals surface area (Å²) in [7, 11) is 0. The number of hydrogen-bond acceptors (Lipinski definition) is 6. The van der Waals surface area contributed by atoms with Crippen molar-refractivity contribution >= 4 is 11.8 Å². The molecular weight excluding hydrogens is 338 g/mol. The Morgan fingerprint density at radius 1 is 1.08 bits per heavy atom.